The van der Waals surface area contributed by atoms with Gasteiger partial charge in [-0.05, 0) is 18.6 Å². The molecular formula is C8H8O4. The first-order valence-corrected chi connectivity index (χ1v) is 3.42. The van der Waals surface area contributed by atoms with Gasteiger partial charge in [-0.1, -0.05) is 0 Å². The molecule has 0 aliphatic heterocycles. The molecule has 1 aliphatic rings. The number of esters is 1. The lowest BCUT2D eigenvalue weighted by Gasteiger charge is -2.03. The minimum Gasteiger partial charge on any atom is -0.468 e. The zero-order chi connectivity index (χ0) is 9.30. The van der Waals surface area contributed by atoms with Crippen LogP contribution in [0.1, 0.15) is 6.92 Å². The number of rotatable bonds is 1. The van der Waals surface area contributed by atoms with Crippen LogP contribution in [0.2, 0.25) is 0 Å². The van der Waals surface area contributed by atoms with Crippen LogP contribution < -0.4 is 0 Å². The third kappa shape index (κ3) is 1.15. The molecule has 0 bridgehead atoms. The second-order valence-corrected chi connectivity index (χ2v) is 2.55. The third-order valence-corrected chi connectivity index (χ3v) is 1.73. The number of Topliss-reactive ketones (excluding diaryl/α,β-unsaturated/α-hetero) is 1. The van der Waals surface area contributed by atoms with Crippen LogP contribution in [0.4, 0.5) is 0 Å². The van der Waals surface area contributed by atoms with Gasteiger partial charge >= 0.3 is 5.97 Å². The van der Waals surface area contributed by atoms with Crippen molar-refractivity contribution in [3.8, 4) is 0 Å². The molecule has 4 nitrogen and oxygen atoms in total. The summed E-state index contributed by atoms with van der Waals surface area (Å²) in [6, 6.07) is 0. The fourth-order valence-corrected chi connectivity index (χ4v) is 1.07. The average molecular weight is 168 g/mol. The Morgan fingerprint density at radius 1 is 1.50 bits per heavy atom. The molecule has 12 heavy (non-hydrogen) atoms. The minimum atomic E-state index is -1.24. The zero-order valence-electron chi connectivity index (χ0n) is 6.79. The van der Waals surface area contributed by atoms with Crippen LogP contribution in [0.3, 0.4) is 0 Å². The first kappa shape index (κ1) is 8.64. The summed E-state index contributed by atoms with van der Waals surface area (Å²) in [4.78, 5) is 33.0. The summed E-state index contributed by atoms with van der Waals surface area (Å²) in [5.41, 5.74) is 0.315. The average Bonchev–Trinajstić information content (AvgIpc) is 2.26. The Morgan fingerprint density at radius 2 is 2.08 bits per heavy atom. The van der Waals surface area contributed by atoms with E-state index in [1.807, 2.05) is 0 Å². The summed E-state index contributed by atoms with van der Waals surface area (Å²) in [6.07, 6.45) is 1.17. The zero-order valence-corrected chi connectivity index (χ0v) is 6.79. The predicted molar refractivity (Wildman–Crippen MR) is 39.3 cm³/mol. The van der Waals surface area contributed by atoms with Crippen molar-refractivity contribution in [1.82, 2.24) is 0 Å². The molecule has 0 saturated carbocycles. The number of hydrogen-bond acceptors (Lipinski definition) is 4. The molecule has 0 N–H and O–H groups in total. The molecule has 1 rings (SSSR count). The number of carbonyl (C=O) groups is 3. The van der Waals surface area contributed by atoms with Crippen LogP contribution in [0, 0.1) is 5.92 Å². The molecule has 0 radical (unpaired) electrons. The number of ether oxygens (including phenoxy) is 1. The van der Waals surface area contributed by atoms with Crippen molar-refractivity contribution in [2.75, 3.05) is 7.11 Å². The van der Waals surface area contributed by atoms with Gasteiger partial charge in [0.15, 0.2) is 17.5 Å². The molecule has 0 aromatic rings. The fourth-order valence-electron chi connectivity index (χ4n) is 1.07. The van der Waals surface area contributed by atoms with Crippen molar-refractivity contribution in [2.24, 2.45) is 5.92 Å². The molecular weight excluding hydrogens is 160 g/mol. The summed E-state index contributed by atoms with van der Waals surface area (Å²) in [5, 5.41) is 0. The van der Waals surface area contributed by atoms with Crippen LogP contribution in [-0.2, 0) is 19.1 Å². The maximum Gasteiger partial charge on any atom is 0.324 e. The van der Waals surface area contributed by atoms with E-state index in [0.29, 0.717) is 5.57 Å². The highest BCUT2D eigenvalue weighted by Gasteiger charge is 2.38. The maximum absolute atomic E-state index is 11.1. The van der Waals surface area contributed by atoms with Gasteiger partial charge in [0.25, 0.3) is 0 Å². The molecule has 1 unspecified atom stereocenters. The number of ketones is 2. The van der Waals surface area contributed by atoms with E-state index < -0.39 is 23.5 Å². The Hall–Kier alpha value is -1.45. The van der Waals surface area contributed by atoms with E-state index in [4.69, 9.17) is 0 Å². The van der Waals surface area contributed by atoms with Crippen molar-refractivity contribution in [2.45, 2.75) is 6.92 Å². The summed E-state index contributed by atoms with van der Waals surface area (Å²) < 4.78 is 4.31. The quantitative estimate of drug-likeness (QED) is 0.404. The van der Waals surface area contributed by atoms with Crippen LogP contribution >= 0.6 is 0 Å². The van der Waals surface area contributed by atoms with Gasteiger partial charge in [0, 0.05) is 0 Å². The van der Waals surface area contributed by atoms with Crippen molar-refractivity contribution in [3.05, 3.63) is 11.6 Å². The van der Waals surface area contributed by atoms with Gasteiger partial charge in [0.2, 0.25) is 0 Å². The van der Waals surface area contributed by atoms with E-state index in [2.05, 4.69) is 4.74 Å². The van der Waals surface area contributed by atoms with Crippen LogP contribution in [0.15, 0.2) is 11.6 Å². The Morgan fingerprint density at radius 3 is 2.42 bits per heavy atom. The molecule has 1 aliphatic carbocycles. The van der Waals surface area contributed by atoms with E-state index in [9.17, 15) is 14.4 Å². The highest BCUT2D eigenvalue weighted by atomic mass is 16.5. The van der Waals surface area contributed by atoms with Crippen LogP contribution in [0.25, 0.3) is 0 Å². The number of hydrogen-bond donors (Lipinski definition) is 0. The van der Waals surface area contributed by atoms with Gasteiger partial charge in [-0.25, -0.2) is 0 Å². The largest absolute Gasteiger partial charge is 0.468 e. The normalized spacial score (nSPS) is 22.5. The first-order valence-electron chi connectivity index (χ1n) is 3.42. The lowest BCUT2D eigenvalue weighted by Crippen LogP contribution is -2.27. The predicted octanol–water partition coefficient (Wildman–Crippen LogP) is -0.126. The Kier molecular flexibility index (Phi) is 2.08. The highest BCUT2D eigenvalue weighted by Crippen LogP contribution is 2.18. The van der Waals surface area contributed by atoms with E-state index in [1.54, 1.807) is 0 Å². The van der Waals surface area contributed by atoms with Gasteiger partial charge in [-0.2, -0.15) is 0 Å². The van der Waals surface area contributed by atoms with E-state index in [0.717, 1.165) is 7.11 Å². The Balaban J connectivity index is 2.91. The Labute approximate surface area is 69.2 Å². The molecule has 0 aromatic carbocycles. The summed E-state index contributed by atoms with van der Waals surface area (Å²) >= 11 is 0. The SMILES string of the molecule is COC(=O)C1C(=O)C=C(C)C1=O. The molecule has 0 saturated heterocycles. The maximum atomic E-state index is 11.1. The number of carbonyl (C=O) groups excluding carboxylic acids is 3. The standard InChI is InChI=1S/C8H8O4/c1-4-3-5(9)6(7(4)10)8(11)12-2/h3,6H,1-2H3. The van der Waals surface area contributed by atoms with E-state index >= 15 is 0 Å². The smallest absolute Gasteiger partial charge is 0.324 e. The topological polar surface area (TPSA) is 60.4 Å². The molecule has 0 aromatic heterocycles. The van der Waals surface area contributed by atoms with Gasteiger partial charge in [0.1, 0.15) is 0 Å². The van der Waals surface area contributed by atoms with E-state index in [1.165, 1.54) is 13.0 Å². The molecule has 1 atom stereocenters. The first-order chi connectivity index (χ1) is 5.57. The second-order valence-electron chi connectivity index (χ2n) is 2.55. The number of methoxy groups -OCH3 is 1. The van der Waals surface area contributed by atoms with Crippen LogP contribution in [0.5, 0.6) is 0 Å². The second kappa shape index (κ2) is 2.89. The summed E-state index contributed by atoms with van der Waals surface area (Å²) in [7, 11) is 1.15. The number of allylic oxidation sites excluding steroid dienone is 2. The minimum absolute atomic E-state index is 0.315. The van der Waals surface area contributed by atoms with Gasteiger partial charge in [-0.15, -0.1) is 0 Å². The molecule has 0 spiro atoms. The molecule has 4 heteroatoms. The molecule has 64 valence electrons. The van der Waals surface area contributed by atoms with Crippen molar-refractivity contribution in [1.29, 1.82) is 0 Å². The van der Waals surface area contributed by atoms with Gasteiger partial charge < -0.3 is 4.74 Å². The van der Waals surface area contributed by atoms with Crippen molar-refractivity contribution < 1.29 is 19.1 Å². The van der Waals surface area contributed by atoms with E-state index in [-0.39, 0.29) is 0 Å². The van der Waals surface area contributed by atoms with Crippen molar-refractivity contribution >= 4 is 17.5 Å². The van der Waals surface area contributed by atoms with Gasteiger partial charge in [0.05, 0.1) is 7.11 Å². The molecule has 0 heterocycles. The fraction of sp³-hybridized carbons (Fsp3) is 0.375. The van der Waals surface area contributed by atoms with Gasteiger partial charge in [-0.3, -0.25) is 14.4 Å². The summed E-state index contributed by atoms with van der Waals surface area (Å²) in [6.45, 7) is 1.50. The lowest BCUT2D eigenvalue weighted by atomic mass is 10.0. The summed E-state index contributed by atoms with van der Waals surface area (Å²) in [5.74, 6) is -2.95. The van der Waals surface area contributed by atoms with Crippen LogP contribution in [-0.4, -0.2) is 24.6 Å². The molecule has 0 fully saturated rings. The molecule has 0 amide bonds. The third-order valence-electron chi connectivity index (χ3n) is 1.73. The highest BCUT2D eigenvalue weighted by molar-refractivity contribution is 6.30. The lowest BCUT2D eigenvalue weighted by molar-refractivity contribution is -0.150. The van der Waals surface area contributed by atoms with Crippen molar-refractivity contribution in [3.63, 3.8) is 0 Å². The Bertz CT molecular complexity index is 287. The monoisotopic (exact) mass is 168 g/mol.